The molecule has 0 bridgehead atoms. The highest BCUT2D eigenvalue weighted by atomic mass is 32.2. The average Bonchev–Trinajstić information content (AvgIpc) is 2.56. The summed E-state index contributed by atoms with van der Waals surface area (Å²) >= 11 is 1.74. The number of hydrogen-bond donors (Lipinski definition) is 1. The number of aliphatic hydroxyl groups excluding tert-OH is 1. The van der Waals surface area contributed by atoms with E-state index in [1.54, 1.807) is 18.0 Å². The normalized spacial score (nSPS) is 11.9. The number of ether oxygens (including phenoxy) is 2. The largest absolute Gasteiger partial charge is 0.411 e. The van der Waals surface area contributed by atoms with Crippen molar-refractivity contribution in [1.82, 2.24) is 4.98 Å². The Hall–Kier alpha value is -0.830. The number of unbranched alkanes of at least 4 members (excludes halogenated alkanes) is 2. The highest BCUT2D eigenvalue weighted by Gasteiger charge is 2.27. The second-order valence-electron chi connectivity index (χ2n) is 5.58. The molecule has 1 rings (SSSR count). The van der Waals surface area contributed by atoms with E-state index in [-0.39, 0.29) is 13.2 Å². The van der Waals surface area contributed by atoms with Crippen LogP contribution in [-0.4, -0.2) is 48.4 Å². The number of nitrogens with zero attached hydrogens (tertiary/aromatic N) is 1. The van der Waals surface area contributed by atoms with E-state index in [0.717, 1.165) is 29.1 Å². The fraction of sp³-hybridized carbons (Fsp3) is 0.706. The molecule has 0 saturated heterocycles. The second kappa shape index (κ2) is 12.5. The Labute approximate surface area is 151 Å². The second-order valence-corrected chi connectivity index (χ2v) is 6.72. The van der Waals surface area contributed by atoms with Crippen LogP contribution in [0, 0.1) is 6.92 Å². The Morgan fingerprint density at radius 1 is 1.08 bits per heavy atom. The molecule has 25 heavy (non-hydrogen) atoms. The number of pyridine rings is 1. The van der Waals surface area contributed by atoms with Gasteiger partial charge in [0.25, 0.3) is 0 Å². The third-order valence-corrected chi connectivity index (χ3v) is 4.69. The first kappa shape index (κ1) is 22.2. The predicted molar refractivity (Wildman–Crippen MR) is 91.8 cm³/mol. The lowest BCUT2D eigenvalue weighted by Crippen LogP contribution is -2.17. The van der Waals surface area contributed by atoms with Gasteiger partial charge in [-0.05, 0) is 50.0 Å². The van der Waals surface area contributed by atoms with Gasteiger partial charge in [0.05, 0.1) is 12.3 Å². The minimum absolute atomic E-state index is 0.0463. The molecule has 1 aromatic rings. The van der Waals surface area contributed by atoms with Gasteiger partial charge in [-0.2, -0.15) is 13.2 Å². The zero-order valence-electron chi connectivity index (χ0n) is 14.5. The summed E-state index contributed by atoms with van der Waals surface area (Å²) in [4.78, 5) is 5.26. The molecule has 0 aliphatic rings. The Bertz CT molecular complexity index is 487. The quantitative estimate of drug-likeness (QED) is 0.411. The van der Waals surface area contributed by atoms with Crippen molar-refractivity contribution in [1.29, 1.82) is 0 Å². The lowest BCUT2D eigenvalue weighted by molar-refractivity contribution is -0.174. The average molecular weight is 381 g/mol. The van der Waals surface area contributed by atoms with E-state index in [0.29, 0.717) is 31.7 Å². The summed E-state index contributed by atoms with van der Waals surface area (Å²) in [6.07, 6.45) is 0.683. The van der Waals surface area contributed by atoms with Crippen LogP contribution >= 0.6 is 11.8 Å². The van der Waals surface area contributed by atoms with E-state index in [1.807, 2.05) is 13.0 Å². The van der Waals surface area contributed by atoms with Gasteiger partial charge in [0.15, 0.2) is 0 Å². The van der Waals surface area contributed by atoms with E-state index >= 15 is 0 Å². The van der Waals surface area contributed by atoms with Crippen LogP contribution in [0.1, 0.15) is 36.9 Å². The van der Waals surface area contributed by atoms with Crippen molar-refractivity contribution in [3.05, 3.63) is 23.5 Å². The van der Waals surface area contributed by atoms with E-state index in [2.05, 4.69) is 9.72 Å². The van der Waals surface area contributed by atoms with Crippen LogP contribution in [0.3, 0.4) is 0 Å². The van der Waals surface area contributed by atoms with Gasteiger partial charge in [-0.3, -0.25) is 4.98 Å². The van der Waals surface area contributed by atoms with Crippen molar-refractivity contribution in [2.75, 3.05) is 32.2 Å². The van der Waals surface area contributed by atoms with Crippen LogP contribution in [0.4, 0.5) is 13.2 Å². The molecule has 4 nitrogen and oxygen atoms in total. The van der Waals surface area contributed by atoms with Crippen LogP contribution in [0.25, 0.3) is 0 Å². The molecule has 0 fully saturated rings. The summed E-state index contributed by atoms with van der Waals surface area (Å²) < 4.78 is 45.5. The Morgan fingerprint density at radius 2 is 1.72 bits per heavy atom. The zero-order chi connectivity index (χ0) is 18.5. The summed E-state index contributed by atoms with van der Waals surface area (Å²) in [7, 11) is 0. The van der Waals surface area contributed by atoms with Gasteiger partial charge in [-0.15, -0.1) is 11.8 Å². The molecule has 0 aliphatic carbocycles. The fourth-order valence-electron chi connectivity index (χ4n) is 2.06. The van der Waals surface area contributed by atoms with Crippen LogP contribution in [0.2, 0.25) is 0 Å². The smallest absolute Gasteiger partial charge is 0.390 e. The Kier molecular flexibility index (Phi) is 11.1. The first-order valence-electron chi connectivity index (χ1n) is 8.34. The molecule has 1 heterocycles. The van der Waals surface area contributed by atoms with Crippen LogP contribution in [0.15, 0.2) is 17.2 Å². The van der Waals surface area contributed by atoms with Gasteiger partial charge in [0, 0.05) is 30.9 Å². The molecule has 0 radical (unpaired) electrons. The summed E-state index contributed by atoms with van der Waals surface area (Å²) in [5.41, 5.74) is 1.74. The topological polar surface area (TPSA) is 51.6 Å². The molecule has 0 unspecified atom stereocenters. The summed E-state index contributed by atoms with van der Waals surface area (Å²) in [5.74, 6) is 0.963. The lowest BCUT2D eigenvalue weighted by atomic mass is 10.2. The number of alkyl halides is 3. The van der Waals surface area contributed by atoms with Gasteiger partial charge in [-0.25, -0.2) is 0 Å². The molecule has 8 heteroatoms. The molecular weight excluding hydrogens is 355 g/mol. The lowest BCUT2D eigenvalue weighted by Gasteiger charge is -2.09. The maximum absolute atomic E-state index is 11.8. The highest BCUT2D eigenvalue weighted by Crippen LogP contribution is 2.24. The van der Waals surface area contributed by atoms with Crippen molar-refractivity contribution >= 4 is 11.8 Å². The van der Waals surface area contributed by atoms with Crippen molar-refractivity contribution < 1.29 is 27.8 Å². The maximum Gasteiger partial charge on any atom is 0.411 e. The van der Waals surface area contributed by atoms with Gasteiger partial charge in [-0.1, -0.05) is 0 Å². The number of rotatable bonds is 13. The van der Waals surface area contributed by atoms with E-state index < -0.39 is 12.8 Å². The van der Waals surface area contributed by atoms with Crippen LogP contribution in [0.5, 0.6) is 0 Å². The molecule has 0 saturated carbocycles. The van der Waals surface area contributed by atoms with Gasteiger partial charge >= 0.3 is 6.18 Å². The Morgan fingerprint density at radius 3 is 2.36 bits per heavy atom. The van der Waals surface area contributed by atoms with Crippen LogP contribution < -0.4 is 0 Å². The van der Waals surface area contributed by atoms with Gasteiger partial charge < -0.3 is 14.6 Å². The van der Waals surface area contributed by atoms with E-state index in [9.17, 15) is 18.3 Å². The van der Waals surface area contributed by atoms with Gasteiger partial charge in [0.2, 0.25) is 0 Å². The third kappa shape index (κ3) is 10.7. The molecule has 1 N–H and O–H groups in total. The highest BCUT2D eigenvalue weighted by molar-refractivity contribution is 7.99. The maximum atomic E-state index is 11.8. The Balaban J connectivity index is 1.94. The molecule has 144 valence electrons. The van der Waals surface area contributed by atoms with E-state index in [1.165, 1.54) is 0 Å². The van der Waals surface area contributed by atoms with Crippen molar-refractivity contribution in [3.63, 3.8) is 0 Å². The monoisotopic (exact) mass is 381 g/mol. The number of halogens is 3. The number of thioether (sulfide) groups is 1. The molecule has 0 amide bonds. The van der Waals surface area contributed by atoms with Crippen LogP contribution in [-0.2, 0) is 16.1 Å². The SMILES string of the molecule is Cc1c(SCCCCOCCCCOCC(F)(F)F)ccnc1CO. The zero-order valence-corrected chi connectivity index (χ0v) is 15.3. The van der Waals surface area contributed by atoms with Crippen molar-refractivity contribution in [2.45, 2.75) is 50.3 Å². The molecule has 0 aliphatic heterocycles. The summed E-state index contributed by atoms with van der Waals surface area (Å²) in [6, 6.07) is 1.95. The van der Waals surface area contributed by atoms with Crippen molar-refractivity contribution in [2.24, 2.45) is 0 Å². The number of aromatic nitrogens is 1. The van der Waals surface area contributed by atoms with Gasteiger partial charge in [0.1, 0.15) is 6.61 Å². The summed E-state index contributed by atoms with van der Waals surface area (Å²) in [5, 5.41) is 9.19. The predicted octanol–water partition coefficient (Wildman–Crippen LogP) is 4.13. The van der Waals surface area contributed by atoms with Crippen molar-refractivity contribution in [3.8, 4) is 0 Å². The number of aliphatic hydroxyl groups is 1. The fourth-order valence-corrected chi connectivity index (χ4v) is 3.12. The molecule has 0 spiro atoms. The molecular formula is C17H26F3NO3S. The minimum Gasteiger partial charge on any atom is -0.390 e. The van der Waals surface area contributed by atoms with E-state index in [4.69, 9.17) is 4.74 Å². The molecule has 1 aromatic heterocycles. The summed E-state index contributed by atoms with van der Waals surface area (Å²) in [6.45, 7) is 2.05. The minimum atomic E-state index is -4.25. The standard InChI is InChI=1S/C17H26F3NO3S/c1-14-15(12-22)21-7-6-16(14)25-11-5-4-9-23-8-2-3-10-24-13-17(18,19)20/h6-7,22H,2-5,8-13H2,1H3. The third-order valence-electron chi connectivity index (χ3n) is 3.44. The first-order chi connectivity index (χ1) is 11.9. The molecule has 0 aromatic carbocycles. The molecule has 0 atom stereocenters. The number of hydrogen-bond acceptors (Lipinski definition) is 5. The first-order valence-corrected chi connectivity index (χ1v) is 9.33.